The van der Waals surface area contributed by atoms with E-state index in [9.17, 15) is 4.79 Å². The maximum absolute atomic E-state index is 12.5. The number of benzene rings is 2. The molecule has 1 fully saturated rings. The Morgan fingerprint density at radius 3 is 2.61 bits per heavy atom. The number of anilines is 4. The molecule has 2 heterocycles. The van der Waals surface area contributed by atoms with Gasteiger partial charge < -0.3 is 29.9 Å². The van der Waals surface area contributed by atoms with Crippen LogP contribution in [-0.4, -0.2) is 76.1 Å². The molecular weight excluding hydrogens is 508 g/mol. The summed E-state index contributed by atoms with van der Waals surface area (Å²) in [5.41, 5.74) is 5.44. The van der Waals surface area contributed by atoms with Crippen molar-refractivity contribution in [2.24, 2.45) is 0 Å². The van der Waals surface area contributed by atoms with Crippen LogP contribution in [0, 0.1) is 0 Å². The van der Waals surface area contributed by atoms with Gasteiger partial charge in [0.25, 0.3) is 5.91 Å². The molecule has 0 saturated carbocycles. The van der Waals surface area contributed by atoms with Crippen LogP contribution in [0.5, 0.6) is 5.75 Å². The van der Waals surface area contributed by atoms with Gasteiger partial charge in [0.2, 0.25) is 0 Å². The molecule has 38 heavy (non-hydrogen) atoms. The number of halogens is 1. The van der Waals surface area contributed by atoms with Gasteiger partial charge in [0.1, 0.15) is 11.6 Å². The molecule has 3 N–H and O–H groups in total. The van der Waals surface area contributed by atoms with Crippen LogP contribution in [0.3, 0.4) is 0 Å². The summed E-state index contributed by atoms with van der Waals surface area (Å²) in [7, 11) is 5.45. The first-order valence-electron chi connectivity index (χ1n) is 12.3. The Balaban J connectivity index is 1.46. The van der Waals surface area contributed by atoms with E-state index >= 15 is 0 Å². The van der Waals surface area contributed by atoms with Gasteiger partial charge in [-0.25, -0.2) is 15.3 Å². The van der Waals surface area contributed by atoms with Crippen molar-refractivity contribution in [1.82, 2.24) is 15.4 Å². The molecule has 1 saturated heterocycles. The van der Waals surface area contributed by atoms with Crippen LogP contribution in [0.1, 0.15) is 10.4 Å². The van der Waals surface area contributed by atoms with Crippen molar-refractivity contribution < 1.29 is 19.1 Å². The molecular formula is C27H33ClN6O4. The predicted molar refractivity (Wildman–Crippen MR) is 150 cm³/mol. The van der Waals surface area contributed by atoms with Gasteiger partial charge in [0.05, 0.1) is 42.9 Å². The number of nitrogens with zero attached hydrogens (tertiary/aromatic N) is 3. The van der Waals surface area contributed by atoms with Gasteiger partial charge in [-0.1, -0.05) is 29.8 Å². The maximum Gasteiger partial charge on any atom is 0.274 e. The molecule has 10 nitrogen and oxygen atoms in total. The summed E-state index contributed by atoms with van der Waals surface area (Å²) in [6.07, 6.45) is 0.962. The molecule has 1 aliphatic heterocycles. The van der Waals surface area contributed by atoms with Gasteiger partial charge in [-0.05, 0) is 38.4 Å². The molecule has 1 unspecified atom stereocenters. The second kappa shape index (κ2) is 13.3. The minimum Gasteiger partial charge on any atom is -0.494 e. The summed E-state index contributed by atoms with van der Waals surface area (Å²) in [5, 5.41) is 6.97. The van der Waals surface area contributed by atoms with Gasteiger partial charge >= 0.3 is 0 Å². The Labute approximate surface area is 227 Å². The number of nitrogens with one attached hydrogen (secondary N) is 3. The second-order valence-electron chi connectivity index (χ2n) is 8.97. The topological polar surface area (TPSA) is 100 Å². The van der Waals surface area contributed by atoms with Crippen LogP contribution < -0.4 is 25.8 Å². The van der Waals surface area contributed by atoms with E-state index in [1.54, 1.807) is 43.6 Å². The van der Waals surface area contributed by atoms with Crippen LogP contribution in [-0.2, 0) is 9.57 Å². The predicted octanol–water partition coefficient (Wildman–Crippen LogP) is 3.99. The van der Waals surface area contributed by atoms with E-state index in [-0.39, 0.29) is 5.91 Å². The molecule has 0 bridgehead atoms. The number of carbonyl (C=O) groups excluding carboxylic acids is 1. The number of hydrogen-bond acceptors (Lipinski definition) is 9. The number of carbonyl (C=O) groups is 1. The summed E-state index contributed by atoms with van der Waals surface area (Å²) in [4.78, 5) is 26.8. The standard InChI is InChI=1S/C27H33ClN6O4/c1-33(2)18-26(38-32-27(35)19-7-5-4-6-8-19)31-23-16-25(29-17-21(23)28)30-22-10-9-20(15-24(22)36-3)34-11-13-37-14-12-34/h4-10,15-17,26H,11-14,18H2,1-3H3,(H,32,35)(H2,29,30,31). The molecule has 1 aliphatic rings. The molecule has 4 rings (SSSR count). The highest BCUT2D eigenvalue weighted by atomic mass is 35.5. The van der Waals surface area contributed by atoms with Gasteiger partial charge in [-0.2, -0.15) is 0 Å². The fraction of sp³-hybridized carbons (Fsp3) is 0.333. The smallest absolute Gasteiger partial charge is 0.274 e. The molecule has 3 aromatic rings. The molecule has 1 atom stereocenters. The Kier molecular flexibility index (Phi) is 9.61. The SMILES string of the molecule is COc1cc(N2CCOCC2)ccc1Nc1cc(NC(CN(C)C)ONC(=O)c2ccccc2)c(Cl)cn1. The van der Waals surface area contributed by atoms with E-state index < -0.39 is 6.23 Å². The molecule has 1 aromatic heterocycles. The van der Waals surface area contributed by atoms with Gasteiger partial charge in [-0.15, -0.1) is 0 Å². The molecule has 202 valence electrons. The van der Waals surface area contributed by atoms with Crippen LogP contribution in [0.2, 0.25) is 5.02 Å². The highest BCUT2D eigenvalue weighted by Gasteiger charge is 2.17. The third-order valence-electron chi connectivity index (χ3n) is 5.86. The third-order valence-corrected chi connectivity index (χ3v) is 6.16. The number of likely N-dealkylation sites (N-methyl/N-ethyl adjacent to an activating group) is 1. The molecule has 0 spiro atoms. The zero-order chi connectivity index (χ0) is 26.9. The minimum absolute atomic E-state index is 0.341. The summed E-state index contributed by atoms with van der Waals surface area (Å²) < 4.78 is 11.1. The van der Waals surface area contributed by atoms with Crippen molar-refractivity contribution in [2.75, 3.05) is 69.6 Å². The first kappa shape index (κ1) is 27.5. The normalized spacial score (nSPS) is 14.2. The number of ether oxygens (including phenoxy) is 2. The number of pyridine rings is 1. The van der Waals surface area contributed by atoms with E-state index in [0.29, 0.717) is 47.6 Å². The molecule has 11 heteroatoms. The summed E-state index contributed by atoms with van der Waals surface area (Å²) in [5.74, 6) is 0.913. The number of methoxy groups -OCH3 is 1. The van der Waals surface area contributed by atoms with Crippen LogP contribution in [0.15, 0.2) is 60.8 Å². The molecule has 1 amide bonds. The zero-order valence-electron chi connectivity index (χ0n) is 21.7. The lowest BCUT2D eigenvalue weighted by Crippen LogP contribution is -2.40. The largest absolute Gasteiger partial charge is 0.494 e. The van der Waals surface area contributed by atoms with Gasteiger partial charge in [0.15, 0.2) is 6.23 Å². The first-order chi connectivity index (χ1) is 18.4. The van der Waals surface area contributed by atoms with Gasteiger partial charge in [-0.3, -0.25) is 4.79 Å². The van der Waals surface area contributed by atoms with Crippen LogP contribution in [0.4, 0.5) is 22.9 Å². The maximum atomic E-state index is 12.5. The quantitative estimate of drug-likeness (QED) is 0.246. The third kappa shape index (κ3) is 7.48. The number of aromatic nitrogens is 1. The minimum atomic E-state index is -0.590. The summed E-state index contributed by atoms with van der Waals surface area (Å²) >= 11 is 6.45. The highest BCUT2D eigenvalue weighted by molar-refractivity contribution is 6.33. The lowest BCUT2D eigenvalue weighted by molar-refractivity contribution is -0.0125. The van der Waals surface area contributed by atoms with Crippen LogP contribution >= 0.6 is 11.6 Å². The number of amides is 1. The van der Waals surface area contributed by atoms with Crippen molar-refractivity contribution in [3.05, 3.63) is 71.4 Å². The number of hydroxylamine groups is 1. The van der Waals surface area contributed by atoms with Crippen molar-refractivity contribution in [3.8, 4) is 5.75 Å². The van der Waals surface area contributed by atoms with Crippen molar-refractivity contribution in [2.45, 2.75) is 6.23 Å². The fourth-order valence-electron chi connectivity index (χ4n) is 3.95. The van der Waals surface area contributed by atoms with Crippen molar-refractivity contribution in [1.29, 1.82) is 0 Å². The van der Waals surface area contributed by atoms with E-state index in [4.69, 9.17) is 25.9 Å². The van der Waals surface area contributed by atoms with E-state index in [2.05, 4.69) is 26.0 Å². The Morgan fingerprint density at radius 1 is 1.13 bits per heavy atom. The summed E-state index contributed by atoms with van der Waals surface area (Å²) in [6.45, 7) is 3.56. The number of hydrogen-bond donors (Lipinski definition) is 3. The van der Waals surface area contributed by atoms with Crippen LogP contribution in [0.25, 0.3) is 0 Å². The van der Waals surface area contributed by atoms with Gasteiger partial charge in [0, 0.05) is 43.0 Å². The van der Waals surface area contributed by atoms with E-state index in [1.165, 1.54) is 0 Å². The van der Waals surface area contributed by atoms with E-state index in [0.717, 1.165) is 24.5 Å². The lowest BCUT2D eigenvalue weighted by atomic mass is 10.2. The lowest BCUT2D eigenvalue weighted by Gasteiger charge is -2.29. The zero-order valence-corrected chi connectivity index (χ0v) is 22.5. The average Bonchev–Trinajstić information content (AvgIpc) is 2.94. The molecule has 2 aromatic carbocycles. The highest BCUT2D eigenvalue weighted by Crippen LogP contribution is 2.33. The number of rotatable bonds is 11. The second-order valence-corrected chi connectivity index (χ2v) is 9.38. The molecule has 0 radical (unpaired) electrons. The summed E-state index contributed by atoms with van der Waals surface area (Å²) in [6, 6.07) is 16.6. The average molecular weight is 541 g/mol. The first-order valence-corrected chi connectivity index (χ1v) is 12.7. The Morgan fingerprint density at radius 2 is 1.89 bits per heavy atom. The number of morpholine rings is 1. The monoisotopic (exact) mass is 540 g/mol. The van der Waals surface area contributed by atoms with E-state index in [1.807, 2.05) is 43.3 Å². The van der Waals surface area contributed by atoms with Crippen molar-refractivity contribution >= 4 is 40.4 Å². The Hall–Kier alpha value is -3.57. The molecule has 0 aliphatic carbocycles. The Bertz CT molecular complexity index is 1210. The fourth-order valence-corrected chi connectivity index (χ4v) is 4.11. The van der Waals surface area contributed by atoms with Crippen molar-refractivity contribution in [3.63, 3.8) is 0 Å².